The van der Waals surface area contributed by atoms with Crippen molar-refractivity contribution in [1.29, 1.82) is 0 Å². The van der Waals surface area contributed by atoms with E-state index in [1.54, 1.807) is 0 Å². The fourth-order valence-electron chi connectivity index (χ4n) is 0.536. The van der Waals surface area contributed by atoms with Crippen LogP contribution in [0, 0.1) is 0 Å². The molecule has 0 aromatic carbocycles. The van der Waals surface area contributed by atoms with Gasteiger partial charge < -0.3 is 11.1 Å². The summed E-state index contributed by atoms with van der Waals surface area (Å²) in [5.74, 6) is -0.311. The average molecular weight is 114 g/mol. The van der Waals surface area contributed by atoms with Gasteiger partial charge in [-0.15, -0.1) is 0 Å². The maximum atomic E-state index is 12.1. The maximum Gasteiger partial charge on any atom is 0.140 e. The zero-order chi connectivity index (χ0) is 5.98. The molecule has 1 aliphatic rings. The molecule has 0 spiro atoms. The molecule has 0 bridgehead atoms. The first-order chi connectivity index (χ1) is 3.79. The Morgan fingerprint density at radius 3 is 2.88 bits per heavy atom. The van der Waals surface area contributed by atoms with E-state index in [0.717, 1.165) is 0 Å². The normalized spacial score (nSPS) is 18.6. The maximum absolute atomic E-state index is 12.1. The van der Waals surface area contributed by atoms with Gasteiger partial charge in [-0.3, -0.25) is 0 Å². The van der Waals surface area contributed by atoms with Crippen LogP contribution in [0.1, 0.15) is 0 Å². The van der Waals surface area contributed by atoms with Gasteiger partial charge in [-0.05, 0) is 6.08 Å². The molecule has 0 atom stereocenters. The van der Waals surface area contributed by atoms with E-state index in [0.29, 0.717) is 12.2 Å². The molecule has 2 nitrogen and oxygen atoms in total. The number of nitrogens with two attached hydrogens (primary N) is 1. The second-order valence-electron chi connectivity index (χ2n) is 1.63. The number of nitrogens with one attached hydrogen (secondary N) is 1. The predicted octanol–water partition coefficient (Wildman–Crippen LogP) is 0.243. The third-order valence-electron chi connectivity index (χ3n) is 0.869. The van der Waals surface area contributed by atoms with Crippen molar-refractivity contribution in [3.8, 4) is 0 Å². The van der Waals surface area contributed by atoms with Crippen molar-refractivity contribution in [3.05, 3.63) is 23.8 Å². The van der Waals surface area contributed by atoms with E-state index in [1.807, 2.05) is 0 Å². The molecule has 44 valence electrons. The summed E-state index contributed by atoms with van der Waals surface area (Å²) >= 11 is 0. The van der Waals surface area contributed by atoms with Gasteiger partial charge in [0.05, 0.1) is 6.54 Å². The minimum Gasteiger partial charge on any atom is -0.401 e. The summed E-state index contributed by atoms with van der Waals surface area (Å²) in [7, 11) is 0. The van der Waals surface area contributed by atoms with Crippen LogP contribution in [0.15, 0.2) is 23.8 Å². The Labute approximate surface area is 46.9 Å². The Kier molecular flexibility index (Phi) is 1.20. The van der Waals surface area contributed by atoms with E-state index in [2.05, 4.69) is 5.32 Å². The van der Waals surface area contributed by atoms with Crippen molar-refractivity contribution in [2.75, 3.05) is 6.54 Å². The molecule has 0 radical (unpaired) electrons. The van der Waals surface area contributed by atoms with Crippen molar-refractivity contribution in [3.63, 3.8) is 0 Å². The molecule has 0 unspecified atom stereocenters. The average Bonchev–Trinajstić information content (AvgIpc) is 1.64. The summed E-state index contributed by atoms with van der Waals surface area (Å²) in [5, 5.41) is 2.65. The molecule has 3 heteroatoms. The molecule has 1 aliphatic heterocycles. The number of rotatable bonds is 0. The number of allylic oxidation sites excluding steroid dienone is 2. The SMILES string of the molecule is NC1=CC(F)=CNC1. The van der Waals surface area contributed by atoms with Crippen molar-refractivity contribution in [2.45, 2.75) is 0 Å². The van der Waals surface area contributed by atoms with Gasteiger partial charge in [-0.1, -0.05) is 0 Å². The first-order valence-electron chi connectivity index (χ1n) is 2.34. The molecule has 0 fully saturated rings. The Bertz CT molecular complexity index is 149. The third kappa shape index (κ3) is 0.992. The summed E-state index contributed by atoms with van der Waals surface area (Å²) in [6.45, 7) is 0.549. The second kappa shape index (κ2) is 1.86. The Morgan fingerprint density at radius 1 is 1.75 bits per heavy atom. The van der Waals surface area contributed by atoms with E-state index >= 15 is 0 Å². The van der Waals surface area contributed by atoms with Gasteiger partial charge in [-0.2, -0.15) is 0 Å². The van der Waals surface area contributed by atoms with Crippen LogP contribution in [0.4, 0.5) is 4.39 Å². The Balaban J connectivity index is 2.69. The van der Waals surface area contributed by atoms with Crippen molar-refractivity contribution in [1.82, 2.24) is 5.32 Å². The molecule has 0 saturated heterocycles. The molecule has 0 aliphatic carbocycles. The van der Waals surface area contributed by atoms with Gasteiger partial charge in [0.15, 0.2) is 0 Å². The zero-order valence-corrected chi connectivity index (χ0v) is 4.32. The van der Waals surface area contributed by atoms with Gasteiger partial charge >= 0.3 is 0 Å². The predicted molar refractivity (Wildman–Crippen MR) is 29.5 cm³/mol. The highest BCUT2D eigenvalue weighted by Gasteiger charge is 1.97. The molecule has 1 heterocycles. The lowest BCUT2D eigenvalue weighted by Gasteiger charge is -2.05. The molecule has 0 amide bonds. The summed E-state index contributed by atoms with van der Waals surface area (Å²) in [5.41, 5.74) is 5.78. The van der Waals surface area contributed by atoms with Crippen LogP contribution < -0.4 is 11.1 Å². The van der Waals surface area contributed by atoms with Crippen molar-refractivity contribution >= 4 is 0 Å². The number of hydrogen-bond acceptors (Lipinski definition) is 2. The van der Waals surface area contributed by atoms with Gasteiger partial charge in [0.2, 0.25) is 0 Å². The monoisotopic (exact) mass is 114 g/mol. The third-order valence-corrected chi connectivity index (χ3v) is 0.869. The molecule has 1 rings (SSSR count). The standard InChI is InChI=1S/C5H7FN2/c6-4-1-5(7)3-8-2-4/h1-2,8H,3,7H2. The summed E-state index contributed by atoms with van der Waals surface area (Å²) in [4.78, 5) is 0. The highest BCUT2D eigenvalue weighted by atomic mass is 19.1. The van der Waals surface area contributed by atoms with E-state index in [1.165, 1.54) is 12.3 Å². The number of halogens is 1. The largest absolute Gasteiger partial charge is 0.401 e. The minimum atomic E-state index is -0.311. The smallest absolute Gasteiger partial charge is 0.140 e. The van der Waals surface area contributed by atoms with Crippen LogP contribution in [0.3, 0.4) is 0 Å². The minimum absolute atomic E-state index is 0.311. The van der Waals surface area contributed by atoms with Gasteiger partial charge in [-0.25, -0.2) is 4.39 Å². The topological polar surface area (TPSA) is 38.0 Å². The van der Waals surface area contributed by atoms with Crippen LogP contribution in [-0.4, -0.2) is 6.54 Å². The Hall–Kier alpha value is -0.990. The number of dihydropyridines is 1. The summed E-state index contributed by atoms with van der Waals surface area (Å²) < 4.78 is 12.1. The van der Waals surface area contributed by atoms with Crippen LogP contribution in [0.2, 0.25) is 0 Å². The van der Waals surface area contributed by atoms with E-state index in [-0.39, 0.29) is 5.83 Å². The van der Waals surface area contributed by atoms with Gasteiger partial charge in [0.1, 0.15) is 5.83 Å². The molecule has 3 N–H and O–H groups in total. The van der Waals surface area contributed by atoms with Crippen molar-refractivity contribution < 1.29 is 4.39 Å². The quantitative estimate of drug-likeness (QED) is 0.473. The molecular weight excluding hydrogens is 107 g/mol. The molecule has 0 aromatic heterocycles. The molecular formula is C5H7FN2. The Morgan fingerprint density at radius 2 is 2.50 bits per heavy atom. The van der Waals surface area contributed by atoms with Crippen molar-refractivity contribution in [2.24, 2.45) is 5.73 Å². The van der Waals surface area contributed by atoms with Crippen LogP contribution in [0.25, 0.3) is 0 Å². The van der Waals surface area contributed by atoms with Crippen LogP contribution in [-0.2, 0) is 0 Å². The van der Waals surface area contributed by atoms with Crippen LogP contribution in [0.5, 0.6) is 0 Å². The fraction of sp³-hybridized carbons (Fsp3) is 0.200. The van der Waals surface area contributed by atoms with Gasteiger partial charge in [0.25, 0.3) is 0 Å². The first kappa shape index (κ1) is 5.15. The summed E-state index contributed by atoms with van der Waals surface area (Å²) in [6, 6.07) is 0. The number of hydrogen-bond donors (Lipinski definition) is 2. The lowest BCUT2D eigenvalue weighted by molar-refractivity contribution is 0.641. The van der Waals surface area contributed by atoms with E-state index in [4.69, 9.17) is 5.73 Å². The lowest BCUT2D eigenvalue weighted by Crippen LogP contribution is -2.18. The highest BCUT2D eigenvalue weighted by molar-refractivity contribution is 5.20. The second-order valence-corrected chi connectivity index (χ2v) is 1.63. The van der Waals surface area contributed by atoms with E-state index in [9.17, 15) is 4.39 Å². The molecule has 0 saturated carbocycles. The molecule has 0 aromatic rings. The van der Waals surface area contributed by atoms with E-state index < -0.39 is 0 Å². The molecule has 8 heavy (non-hydrogen) atoms. The fourth-order valence-corrected chi connectivity index (χ4v) is 0.536. The zero-order valence-electron chi connectivity index (χ0n) is 4.32. The highest BCUT2D eigenvalue weighted by Crippen LogP contribution is 2.02. The van der Waals surface area contributed by atoms with Crippen LogP contribution >= 0.6 is 0 Å². The first-order valence-corrected chi connectivity index (χ1v) is 2.34. The lowest BCUT2D eigenvalue weighted by atomic mass is 10.3. The summed E-state index contributed by atoms with van der Waals surface area (Å²) in [6.07, 6.45) is 2.59. The van der Waals surface area contributed by atoms with Gasteiger partial charge in [0, 0.05) is 11.9 Å².